The number of Topliss-reactive ketones (excluding diaryl/α,β-unsaturated/α-hetero) is 1. The van der Waals surface area contributed by atoms with Crippen LogP contribution in [-0.2, 0) is 4.74 Å². The lowest BCUT2D eigenvalue weighted by Crippen LogP contribution is -2.20. The van der Waals surface area contributed by atoms with Crippen LogP contribution in [0.1, 0.15) is 32.4 Å². The highest BCUT2D eigenvalue weighted by molar-refractivity contribution is 6.17. The molecule has 1 heterocycles. The van der Waals surface area contributed by atoms with Crippen LogP contribution < -0.4 is 0 Å². The number of esters is 1. The standard InChI is InChI=1S/C31H21NO3/c33-29(26-19-32-27-17-9-8-16-25(26)27)30(20-10-2-1-3-11-20)35-31(34)28-23-14-6-4-12-21(23)18-22-13-5-7-15-24(22)28/h1-19,30,32H/t30-/m1/s1. The quantitative estimate of drug-likeness (QED) is 0.169. The molecule has 0 bridgehead atoms. The molecule has 168 valence electrons. The van der Waals surface area contributed by atoms with Crippen LogP contribution in [0.4, 0.5) is 0 Å². The fourth-order valence-corrected chi connectivity index (χ4v) is 4.72. The van der Waals surface area contributed by atoms with Gasteiger partial charge in [0.2, 0.25) is 5.78 Å². The summed E-state index contributed by atoms with van der Waals surface area (Å²) in [7, 11) is 0. The maximum atomic E-state index is 13.8. The summed E-state index contributed by atoms with van der Waals surface area (Å²) in [5.74, 6) is -0.799. The fraction of sp³-hybridized carbons (Fsp3) is 0.0323. The van der Waals surface area contributed by atoms with E-state index >= 15 is 0 Å². The highest BCUT2D eigenvalue weighted by atomic mass is 16.5. The third-order valence-electron chi connectivity index (χ3n) is 6.40. The third-order valence-corrected chi connectivity index (χ3v) is 6.40. The number of ketones is 1. The molecular formula is C31H21NO3. The summed E-state index contributed by atoms with van der Waals surface area (Å²) in [6.45, 7) is 0. The summed E-state index contributed by atoms with van der Waals surface area (Å²) in [5.41, 5.74) is 2.44. The molecule has 4 heteroatoms. The lowest BCUT2D eigenvalue weighted by atomic mass is 9.96. The molecule has 0 spiro atoms. The zero-order valence-corrected chi connectivity index (χ0v) is 18.8. The average molecular weight is 456 g/mol. The minimum absolute atomic E-state index is 0.272. The largest absolute Gasteiger partial charge is 0.445 e. The Bertz CT molecular complexity index is 1660. The van der Waals surface area contributed by atoms with E-state index in [1.165, 1.54) is 0 Å². The second-order valence-electron chi connectivity index (χ2n) is 8.50. The van der Waals surface area contributed by atoms with Gasteiger partial charge in [0.1, 0.15) is 0 Å². The number of ether oxygens (including phenoxy) is 1. The van der Waals surface area contributed by atoms with Gasteiger partial charge in [-0.25, -0.2) is 4.79 Å². The second kappa shape index (κ2) is 8.58. The average Bonchev–Trinajstić information content (AvgIpc) is 3.34. The molecule has 5 aromatic carbocycles. The van der Waals surface area contributed by atoms with Gasteiger partial charge in [0.25, 0.3) is 0 Å². The molecule has 0 radical (unpaired) electrons. The van der Waals surface area contributed by atoms with E-state index in [2.05, 4.69) is 11.1 Å². The smallest absolute Gasteiger partial charge is 0.340 e. The van der Waals surface area contributed by atoms with Crippen molar-refractivity contribution in [2.75, 3.05) is 0 Å². The second-order valence-corrected chi connectivity index (χ2v) is 8.50. The van der Waals surface area contributed by atoms with Gasteiger partial charge in [-0.15, -0.1) is 0 Å². The maximum absolute atomic E-state index is 13.8. The summed E-state index contributed by atoms with van der Waals surface area (Å²) >= 11 is 0. The first-order valence-electron chi connectivity index (χ1n) is 11.5. The normalized spacial score (nSPS) is 12.1. The van der Waals surface area contributed by atoms with E-state index in [0.29, 0.717) is 16.7 Å². The Morgan fingerprint density at radius 1 is 0.657 bits per heavy atom. The van der Waals surface area contributed by atoms with Crippen LogP contribution >= 0.6 is 0 Å². The number of hydrogen-bond donors (Lipinski definition) is 1. The number of hydrogen-bond acceptors (Lipinski definition) is 3. The third kappa shape index (κ3) is 3.65. The molecule has 4 nitrogen and oxygen atoms in total. The SMILES string of the molecule is O=C(O[C@@H](C(=O)c1c[nH]c2ccccc12)c1ccccc1)c1c2ccccc2cc2ccccc12. The lowest BCUT2D eigenvalue weighted by molar-refractivity contribution is 0.0284. The number of nitrogens with one attached hydrogen (secondary N) is 1. The number of H-pyrrole nitrogens is 1. The maximum Gasteiger partial charge on any atom is 0.340 e. The highest BCUT2D eigenvalue weighted by Gasteiger charge is 2.29. The molecule has 1 aromatic heterocycles. The Kier molecular flexibility index (Phi) is 5.12. The van der Waals surface area contributed by atoms with Crippen molar-refractivity contribution in [3.8, 4) is 0 Å². The van der Waals surface area contributed by atoms with Gasteiger partial charge in [-0.05, 0) is 33.7 Å². The van der Waals surface area contributed by atoms with E-state index in [-0.39, 0.29) is 5.78 Å². The van der Waals surface area contributed by atoms with Crippen LogP contribution in [0.25, 0.3) is 32.4 Å². The van der Waals surface area contributed by atoms with Crippen molar-refractivity contribution >= 4 is 44.2 Å². The van der Waals surface area contributed by atoms with Crippen LogP contribution in [0.2, 0.25) is 0 Å². The number of rotatable bonds is 5. The van der Waals surface area contributed by atoms with E-state index in [9.17, 15) is 9.59 Å². The molecule has 0 unspecified atom stereocenters. The molecule has 0 aliphatic heterocycles. The van der Waals surface area contributed by atoms with E-state index < -0.39 is 12.1 Å². The summed E-state index contributed by atoms with van der Waals surface area (Å²) in [6, 6.07) is 34.3. The Morgan fingerprint density at radius 2 is 1.23 bits per heavy atom. The van der Waals surface area contributed by atoms with Crippen molar-refractivity contribution in [1.82, 2.24) is 4.98 Å². The predicted octanol–water partition coefficient (Wildman–Crippen LogP) is 7.26. The van der Waals surface area contributed by atoms with Gasteiger partial charge < -0.3 is 9.72 Å². The van der Waals surface area contributed by atoms with Crippen molar-refractivity contribution in [2.45, 2.75) is 6.10 Å². The van der Waals surface area contributed by atoms with Crippen molar-refractivity contribution in [3.05, 3.63) is 132 Å². The van der Waals surface area contributed by atoms with Gasteiger partial charge in [0, 0.05) is 28.2 Å². The molecule has 0 aliphatic rings. The zero-order valence-electron chi connectivity index (χ0n) is 18.8. The molecule has 0 aliphatic carbocycles. The molecule has 6 rings (SSSR count). The first kappa shape index (κ1) is 20.9. The van der Waals surface area contributed by atoms with Crippen LogP contribution in [0.5, 0.6) is 0 Å². The first-order valence-corrected chi connectivity index (χ1v) is 11.5. The Hall–Kier alpha value is -4.70. The van der Waals surface area contributed by atoms with Gasteiger partial charge in [-0.1, -0.05) is 97.1 Å². The first-order chi connectivity index (χ1) is 17.2. The number of aromatic nitrogens is 1. The van der Waals surface area contributed by atoms with Crippen LogP contribution in [-0.4, -0.2) is 16.7 Å². The minimum atomic E-state index is -1.08. The fourth-order valence-electron chi connectivity index (χ4n) is 4.72. The molecule has 0 saturated heterocycles. The Labute approximate surface area is 201 Å². The number of fused-ring (bicyclic) bond motifs is 3. The zero-order chi connectivity index (χ0) is 23.8. The minimum Gasteiger partial charge on any atom is -0.445 e. The number of benzene rings is 5. The van der Waals surface area contributed by atoms with Crippen LogP contribution in [0.15, 0.2) is 115 Å². The number of carbonyl (C=O) groups excluding carboxylic acids is 2. The van der Waals surface area contributed by atoms with Crippen molar-refractivity contribution in [3.63, 3.8) is 0 Å². The van der Waals surface area contributed by atoms with Gasteiger partial charge >= 0.3 is 5.97 Å². The van der Waals surface area contributed by atoms with Crippen LogP contribution in [0.3, 0.4) is 0 Å². The van der Waals surface area contributed by atoms with Gasteiger partial charge in [0.05, 0.1) is 5.56 Å². The van der Waals surface area contributed by atoms with E-state index in [1.54, 1.807) is 6.20 Å². The predicted molar refractivity (Wildman–Crippen MR) is 139 cm³/mol. The Balaban J connectivity index is 1.48. The van der Waals surface area contributed by atoms with Gasteiger partial charge in [0.15, 0.2) is 6.10 Å². The molecule has 1 N–H and O–H groups in total. The van der Waals surface area contributed by atoms with Gasteiger partial charge in [-0.3, -0.25) is 4.79 Å². The highest BCUT2D eigenvalue weighted by Crippen LogP contribution is 2.32. The number of carbonyl (C=O) groups is 2. The summed E-state index contributed by atoms with van der Waals surface area (Å²) < 4.78 is 6.07. The molecule has 1 atom stereocenters. The van der Waals surface area contributed by atoms with E-state index in [1.807, 2.05) is 103 Å². The number of aromatic amines is 1. The molecule has 0 fully saturated rings. The molecule has 6 aromatic rings. The molecular weight excluding hydrogens is 434 g/mol. The van der Waals surface area contributed by atoms with E-state index in [0.717, 1.165) is 32.4 Å². The molecule has 0 saturated carbocycles. The van der Waals surface area contributed by atoms with Gasteiger partial charge in [-0.2, -0.15) is 0 Å². The van der Waals surface area contributed by atoms with Crippen LogP contribution in [0, 0.1) is 0 Å². The lowest BCUT2D eigenvalue weighted by Gasteiger charge is -2.19. The number of para-hydroxylation sites is 1. The monoisotopic (exact) mass is 455 g/mol. The van der Waals surface area contributed by atoms with Crippen molar-refractivity contribution in [1.29, 1.82) is 0 Å². The molecule has 0 amide bonds. The Morgan fingerprint density at radius 3 is 1.91 bits per heavy atom. The van der Waals surface area contributed by atoms with Crippen molar-refractivity contribution in [2.24, 2.45) is 0 Å². The summed E-state index contributed by atoms with van der Waals surface area (Å²) in [6.07, 6.45) is 0.602. The summed E-state index contributed by atoms with van der Waals surface area (Å²) in [4.78, 5) is 30.8. The molecule has 35 heavy (non-hydrogen) atoms. The summed E-state index contributed by atoms with van der Waals surface area (Å²) in [5, 5.41) is 4.27. The van der Waals surface area contributed by atoms with E-state index in [4.69, 9.17) is 4.74 Å². The topological polar surface area (TPSA) is 59.2 Å². The van der Waals surface area contributed by atoms with Crippen molar-refractivity contribution < 1.29 is 14.3 Å².